The molecule has 0 spiro atoms. The number of carbonyl (C=O) groups is 2. The summed E-state index contributed by atoms with van der Waals surface area (Å²) in [5.74, 6) is -2.51. The van der Waals surface area contributed by atoms with E-state index in [0.717, 1.165) is 0 Å². The Morgan fingerprint density at radius 3 is 1.39 bits per heavy atom. The van der Waals surface area contributed by atoms with Gasteiger partial charge in [0.2, 0.25) is 0 Å². The second-order valence-corrected chi connectivity index (χ2v) is 8.38. The Bertz CT molecular complexity index is 1770. The van der Waals surface area contributed by atoms with E-state index in [0.29, 0.717) is 44.4 Å². The highest BCUT2D eigenvalue weighted by molar-refractivity contribution is 7.78. The van der Waals surface area contributed by atoms with E-state index in [1.54, 1.807) is 60.7 Å². The van der Waals surface area contributed by atoms with Crippen molar-refractivity contribution >= 4 is 79.9 Å². The van der Waals surface area contributed by atoms with Crippen LogP contribution in [0.15, 0.2) is 82.8 Å². The Kier molecular flexibility index (Phi) is 6.62. The third-order valence-corrected chi connectivity index (χ3v) is 6.10. The molecule has 8 nitrogen and oxygen atoms in total. The monoisotopic (exact) mass is 534 g/mol. The Labute approximate surface area is 225 Å². The summed E-state index contributed by atoms with van der Waals surface area (Å²) in [7, 11) is 0. The van der Waals surface area contributed by atoms with Gasteiger partial charge in [0.15, 0.2) is 0 Å². The fourth-order valence-electron chi connectivity index (χ4n) is 4.34. The van der Waals surface area contributed by atoms with Crippen molar-refractivity contribution in [1.82, 2.24) is 9.97 Å². The molecule has 2 heterocycles. The molecule has 2 aromatic heterocycles. The van der Waals surface area contributed by atoms with Crippen molar-refractivity contribution in [2.45, 2.75) is 0 Å². The van der Waals surface area contributed by atoms with Crippen LogP contribution in [-0.2, 0) is 0 Å². The van der Waals surface area contributed by atoms with E-state index >= 15 is 0 Å². The molecule has 3 aromatic carbocycles. The van der Waals surface area contributed by atoms with Crippen molar-refractivity contribution < 1.29 is 19.8 Å². The second kappa shape index (κ2) is 10.2. The average Bonchev–Trinajstić information content (AvgIpc) is 2.92. The number of benzene rings is 3. The summed E-state index contributed by atoms with van der Waals surface area (Å²) in [5, 5.41) is 25.6. The van der Waals surface area contributed by atoms with E-state index in [-0.39, 0.29) is 22.4 Å². The molecule has 0 aliphatic heterocycles. The number of rotatable bonds is 6. The van der Waals surface area contributed by atoms with Gasteiger partial charge in [-0.15, -0.1) is 0 Å². The predicted octanol–water partition coefficient (Wildman–Crippen LogP) is 6.98. The standard InChI is InChI=1S/C28H14N4O4S2/c33-27(34)23-11-19(15-5-1-3-7-21(15)29-13-37)17-9-10-18-20(16-6-2-4-8-22(16)30-14-38)12-24(28(35)36)32-26(18)25(17)31-23/h1-12H,(H,33,34)(H,35,36). The largest absolute Gasteiger partial charge is 0.477 e. The van der Waals surface area contributed by atoms with E-state index in [2.05, 4.69) is 30.3 Å². The van der Waals surface area contributed by atoms with E-state index < -0.39 is 11.9 Å². The number of hydrogen-bond donors (Lipinski definition) is 2. The highest BCUT2D eigenvalue weighted by Crippen LogP contribution is 2.40. The lowest BCUT2D eigenvalue weighted by Gasteiger charge is -2.14. The fourth-order valence-corrected chi connectivity index (χ4v) is 4.53. The van der Waals surface area contributed by atoms with E-state index in [1.165, 1.54) is 12.1 Å². The molecular formula is C28H14N4O4S2. The van der Waals surface area contributed by atoms with Crippen molar-refractivity contribution in [3.05, 3.63) is 84.2 Å². The summed E-state index contributed by atoms with van der Waals surface area (Å²) >= 11 is 9.58. The smallest absolute Gasteiger partial charge is 0.354 e. The van der Waals surface area contributed by atoms with Crippen LogP contribution in [0.25, 0.3) is 44.1 Å². The molecule has 0 aliphatic rings. The molecule has 0 amide bonds. The van der Waals surface area contributed by atoms with Crippen LogP contribution in [0.2, 0.25) is 0 Å². The molecule has 10 heteroatoms. The summed E-state index contributed by atoms with van der Waals surface area (Å²) in [6, 6.07) is 20.6. The number of fused-ring (bicyclic) bond motifs is 3. The molecule has 5 aromatic rings. The topological polar surface area (TPSA) is 125 Å². The molecule has 0 bridgehead atoms. The van der Waals surface area contributed by atoms with E-state index in [4.69, 9.17) is 24.4 Å². The van der Waals surface area contributed by atoms with Crippen LogP contribution in [0.5, 0.6) is 0 Å². The first-order chi connectivity index (χ1) is 18.4. The summed E-state index contributed by atoms with van der Waals surface area (Å²) in [6.45, 7) is 0. The minimum atomic E-state index is -1.25. The molecular weight excluding hydrogens is 520 g/mol. The van der Waals surface area contributed by atoms with Crippen LogP contribution in [0.3, 0.4) is 0 Å². The lowest BCUT2D eigenvalue weighted by molar-refractivity contribution is 0.0680. The Balaban J connectivity index is 1.96. The zero-order valence-corrected chi connectivity index (χ0v) is 20.9. The number of isothiocyanates is 2. The normalized spacial score (nSPS) is 10.5. The Hall–Kier alpha value is -4.98. The molecule has 0 fully saturated rings. The lowest BCUT2D eigenvalue weighted by Crippen LogP contribution is -2.05. The van der Waals surface area contributed by atoms with Crippen molar-refractivity contribution in [2.75, 3.05) is 0 Å². The molecule has 0 saturated heterocycles. The van der Waals surface area contributed by atoms with Gasteiger partial charge in [-0.2, -0.15) is 9.98 Å². The van der Waals surface area contributed by atoms with E-state index in [1.807, 2.05) is 0 Å². The minimum Gasteiger partial charge on any atom is -0.477 e. The zero-order valence-electron chi connectivity index (χ0n) is 19.2. The summed E-state index contributed by atoms with van der Waals surface area (Å²) in [4.78, 5) is 41.2. The molecule has 0 saturated carbocycles. The van der Waals surface area contributed by atoms with E-state index in [9.17, 15) is 19.8 Å². The molecule has 2 N–H and O–H groups in total. The molecule has 0 atom stereocenters. The number of aromatic carboxylic acids is 2. The first-order valence-electron chi connectivity index (χ1n) is 11.0. The number of para-hydroxylation sites is 2. The minimum absolute atomic E-state index is 0.221. The lowest BCUT2D eigenvalue weighted by atomic mass is 9.94. The molecule has 5 rings (SSSR count). The number of aromatic nitrogens is 2. The number of carboxylic acid groups (broad SMARTS) is 2. The second-order valence-electron chi connectivity index (χ2n) is 8.02. The van der Waals surface area contributed by atoms with Crippen LogP contribution in [0.1, 0.15) is 21.0 Å². The summed E-state index contributed by atoms with van der Waals surface area (Å²) in [5.41, 5.74) is 3.20. The van der Waals surface area contributed by atoms with Gasteiger partial charge in [0.05, 0.1) is 32.7 Å². The van der Waals surface area contributed by atoms with Gasteiger partial charge in [0.1, 0.15) is 11.4 Å². The SMILES string of the molecule is O=C(O)c1cc(-c2ccccc2N=C=S)c2ccc3c(-c4ccccc4N=C=S)cc(C(=O)O)nc3c2n1. The average molecular weight is 535 g/mol. The third-order valence-electron chi connectivity index (χ3n) is 5.92. The number of hydrogen-bond acceptors (Lipinski definition) is 8. The number of carboxylic acids is 2. The van der Waals surface area contributed by atoms with Crippen LogP contribution in [0.4, 0.5) is 11.4 Å². The van der Waals surface area contributed by atoms with Gasteiger partial charge in [-0.1, -0.05) is 48.5 Å². The first kappa shape index (κ1) is 24.7. The number of thiocarbonyl (C=S) groups is 2. The van der Waals surface area contributed by atoms with Crippen molar-refractivity contribution in [2.24, 2.45) is 9.98 Å². The third kappa shape index (κ3) is 4.37. The first-order valence-corrected chi connectivity index (χ1v) is 11.8. The Morgan fingerprint density at radius 1 is 0.632 bits per heavy atom. The fraction of sp³-hybridized carbons (Fsp3) is 0. The maximum Gasteiger partial charge on any atom is 0.354 e. The molecule has 0 unspecified atom stereocenters. The van der Waals surface area contributed by atoms with Crippen molar-refractivity contribution in [3.63, 3.8) is 0 Å². The molecule has 0 radical (unpaired) electrons. The van der Waals surface area contributed by atoms with Crippen LogP contribution in [0, 0.1) is 0 Å². The van der Waals surface area contributed by atoms with Gasteiger partial charge in [-0.25, -0.2) is 19.6 Å². The molecule has 0 aliphatic carbocycles. The highest BCUT2D eigenvalue weighted by Gasteiger charge is 2.21. The van der Waals surface area contributed by atoms with Gasteiger partial charge in [-0.05, 0) is 59.8 Å². The number of pyridine rings is 2. The van der Waals surface area contributed by atoms with Gasteiger partial charge in [0.25, 0.3) is 0 Å². The Morgan fingerprint density at radius 2 is 1.03 bits per heavy atom. The predicted molar refractivity (Wildman–Crippen MR) is 151 cm³/mol. The van der Waals surface area contributed by atoms with Gasteiger partial charge in [-0.3, -0.25) is 0 Å². The summed E-state index contributed by atoms with van der Waals surface area (Å²) < 4.78 is 0. The van der Waals surface area contributed by atoms with Crippen molar-refractivity contribution in [3.8, 4) is 22.3 Å². The molecule has 182 valence electrons. The quantitative estimate of drug-likeness (QED) is 0.136. The maximum atomic E-state index is 12.1. The van der Waals surface area contributed by atoms with Crippen molar-refractivity contribution in [1.29, 1.82) is 0 Å². The van der Waals surface area contributed by atoms with Gasteiger partial charge >= 0.3 is 11.9 Å². The summed E-state index contributed by atoms with van der Waals surface area (Å²) in [6.07, 6.45) is 0. The van der Waals surface area contributed by atoms with Gasteiger partial charge < -0.3 is 10.2 Å². The van der Waals surface area contributed by atoms with Crippen LogP contribution < -0.4 is 0 Å². The number of aliphatic imine (C=N–C) groups is 2. The molecule has 38 heavy (non-hydrogen) atoms. The van der Waals surface area contributed by atoms with Gasteiger partial charge in [0, 0.05) is 21.9 Å². The number of nitrogens with zero attached hydrogens (tertiary/aromatic N) is 4. The van der Waals surface area contributed by atoms with Crippen LogP contribution in [-0.4, -0.2) is 42.4 Å². The van der Waals surface area contributed by atoms with Crippen LogP contribution >= 0.6 is 24.4 Å². The zero-order chi connectivity index (χ0) is 26.8. The maximum absolute atomic E-state index is 12.1. The highest BCUT2D eigenvalue weighted by atomic mass is 32.1.